The van der Waals surface area contributed by atoms with Crippen LogP contribution in [-0.2, 0) is 0 Å². The Bertz CT molecular complexity index is 4400. The van der Waals surface area contributed by atoms with Crippen LogP contribution in [0.15, 0.2) is 346 Å². The third-order valence-corrected chi connectivity index (χ3v) is 16.8. The molecule has 0 bridgehead atoms. The highest BCUT2D eigenvalue weighted by Gasteiger charge is 2.15. The van der Waals surface area contributed by atoms with Crippen molar-refractivity contribution in [1.29, 1.82) is 0 Å². The van der Waals surface area contributed by atoms with Crippen molar-refractivity contribution in [3.05, 3.63) is 346 Å². The summed E-state index contributed by atoms with van der Waals surface area (Å²) in [6.45, 7) is 0. The Morgan fingerprint density at radius 2 is 0.318 bits per heavy atom. The second kappa shape index (κ2) is 23.7. The lowest BCUT2D eigenvalue weighted by Gasteiger charge is -2.26. The van der Waals surface area contributed by atoms with Gasteiger partial charge in [0.15, 0.2) is 0 Å². The fourth-order valence-corrected chi connectivity index (χ4v) is 11.9. The van der Waals surface area contributed by atoms with Crippen molar-refractivity contribution < 1.29 is 0 Å². The van der Waals surface area contributed by atoms with E-state index < -0.39 is 0 Å². The van der Waals surface area contributed by atoms with E-state index in [0.717, 1.165) is 51.2 Å². The van der Waals surface area contributed by atoms with E-state index in [4.69, 9.17) is 0 Å². The number of benzene rings is 15. The number of hydrogen-bond acceptors (Lipinski definition) is 4. The Morgan fingerprint density at radius 3 is 0.545 bits per heavy atom. The monoisotopic (exact) mass is 1120 g/mol. The number of nitrogens with zero attached hydrogens (tertiary/aromatic N) is 1. The number of rotatable bonds is 15. The third-order valence-electron chi connectivity index (χ3n) is 16.8. The van der Waals surface area contributed by atoms with Crippen molar-refractivity contribution in [2.75, 3.05) is 20.9 Å². The molecular formula is C84H60N4. The first-order valence-electron chi connectivity index (χ1n) is 30.0. The highest BCUT2D eigenvalue weighted by molar-refractivity contribution is 5.91. The second-order valence-electron chi connectivity index (χ2n) is 22.5. The van der Waals surface area contributed by atoms with Gasteiger partial charge in [0.05, 0.1) is 0 Å². The lowest BCUT2D eigenvalue weighted by molar-refractivity contribution is 1.28. The second-order valence-corrected chi connectivity index (χ2v) is 22.5. The maximum atomic E-state index is 3.65. The summed E-state index contributed by atoms with van der Waals surface area (Å²) in [4.78, 5) is 2.30. The molecule has 0 aliphatic carbocycles. The molecule has 0 aromatic heterocycles. The molecule has 4 heteroatoms. The Balaban J connectivity index is 0.639. The standard InChI is InChI=1S/C84H60N4/c1-4-10-70-55-73(28-25-58(70)7-1)67-19-13-61(14-20-67)64-31-37-76(38-32-64)85-79-43-49-82(50-44-79)88(83-51-45-80(46-52-83)86-77-39-33-65(34-40-77)62-15-21-68(22-16-62)74-29-26-59-8-2-5-11-71(59)56-74)84-53-47-81(48-54-84)87-78-41-35-66(36-42-78)63-17-23-69(24-18-63)75-30-27-60-9-3-6-12-72(60)57-75/h1-57,85-87H. The van der Waals surface area contributed by atoms with Gasteiger partial charge in [0.25, 0.3) is 0 Å². The van der Waals surface area contributed by atoms with E-state index in [1.807, 2.05) is 0 Å². The molecule has 15 rings (SSSR count). The van der Waals surface area contributed by atoms with Gasteiger partial charge in [-0.05, 0) is 226 Å². The number of nitrogens with one attached hydrogen (secondary N) is 3. The van der Waals surface area contributed by atoms with E-state index in [1.165, 1.54) is 99.1 Å². The summed E-state index contributed by atoms with van der Waals surface area (Å²) in [5.74, 6) is 0. The van der Waals surface area contributed by atoms with E-state index in [2.05, 4.69) is 367 Å². The van der Waals surface area contributed by atoms with Crippen LogP contribution in [0.25, 0.3) is 99.1 Å². The van der Waals surface area contributed by atoms with Gasteiger partial charge in [0.2, 0.25) is 0 Å². The molecule has 0 aliphatic heterocycles. The van der Waals surface area contributed by atoms with E-state index in [0.29, 0.717) is 0 Å². The number of hydrogen-bond donors (Lipinski definition) is 3. The van der Waals surface area contributed by atoms with Gasteiger partial charge in [-0.25, -0.2) is 0 Å². The third kappa shape index (κ3) is 11.5. The van der Waals surface area contributed by atoms with Crippen molar-refractivity contribution in [2.24, 2.45) is 0 Å². The summed E-state index contributed by atoms with van der Waals surface area (Å²) < 4.78 is 0. The van der Waals surface area contributed by atoms with Crippen LogP contribution < -0.4 is 20.9 Å². The molecule has 3 N–H and O–H groups in total. The minimum absolute atomic E-state index is 1.00. The first-order chi connectivity index (χ1) is 43.5. The van der Waals surface area contributed by atoms with E-state index in [1.54, 1.807) is 0 Å². The largest absolute Gasteiger partial charge is 0.356 e. The van der Waals surface area contributed by atoms with Gasteiger partial charge in [0.1, 0.15) is 0 Å². The van der Waals surface area contributed by atoms with Gasteiger partial charge in [-0.2, -0.15) is 0 Å². The molecule has 15 aromatic rings. The summed E-state index contributed by atoms with van der Waals surface area (Å²) in [7, 11) is 0. The Hall–Kier alpha value is -11.7. The highest BCUT2D eigenvalue weighted by Crippen LogP contribution is 2.39. The van der Waals surface area contributed by atoms with Crippen molar-refractivity contribution in [3.63, 3.8) is 0 Å². The summed E-state index contributed by atoms with van der Waals surface area (Å²) in [5.41, 5.74) is 23.5. The van der Waals surface area contributed by atoms with Crippen LogP contribution in [0, 0.1) is 0 Å². The predicted octanol–water partition coefficient (Wildman–Crippen LogP) is 23.8. The Morgan fingerprint density at radius 1 is 0.148 bits per heavy atom. The molecule has 0 aliphatic rings. The van der Waals surface area contributed by atoms with Crippen molar-refractivity contribution >= 4 is 83.5 Å². The van der Waals surface area contributed by atoms with Gasteiger partial charge < -0.3 is 20.9 Å². The van der Waals surface area contributed by atoms with E-state index in [-0.39, 0.29) is 0 Å². The zero-order chi connectivity index (χ0) is 58.6. The average molecular weight is 1130 g/mol. The fraction of sp³-hybridized carbons (Fsp3) is 0. The minimum atomic E-state index is 1.00. The lowest BCUT2D eigenvalue weighted by atomic mass is 9.98. The van der Waals surface area contributed by atoms with E-state index >= 15 is 0 Å². The average Bonchev–Trinajstić information content (AvgIpc) is 3.01. The molecule has 0 saturated carbocycles. The predicted molar refractivity (Wildman–Crippen MR) is 375 cm³/mol. The van der Waals surface area contributed by atoms with Gasteiger partial charge in [-0.1, -0.05) is 218 Å². The van der Waals surface area contributed by atoms with Crippen LogP contribution in [0.2, 0.25) is 0 Å². The summed E-state index contributed by atoms with van der Waals surface area (Å²) in [6, 6.07) is 124. The molecule has 0 amide bonds. The number of fused-ring (bicyclic) bond motifs is 3. The molecule has 15 aromatic carbocycles. The van der Waals surface area contributed by atoms with Crippen LogP contribution >= 0.6 is 0 Å². The summed E-state index contributed by atoms with van der Waals surface area (Å²) in [5, 5.41) is 18.5. The molecule has 0 radical (unpaired) electrons. The molecule has 0 unspecified atom stereocenters. The Labute approximate surface area is 514 Å². The fourth-order valence-electron chi connectivity index (χ4n) is 11.9. The van der Waals surface area contributed by atoms with Crippen LogP contribution in [0.1, 0.15) is 0 Å². The van der Waals surface area contributed by atoms with E-state index in [9.17, 15) is 0 Å². The van der Waals surface area contributed by atoms with Crippen LogP contribution in [0.3, 0.4) is 0 Å². The zero-order valence-corrected chi connectivity index (χ0v) is 48.4. The van der Waals surface area contributed by atoms with Gasteiger partial charge in [-0.3, -0.25) is 0 Å². The smallest absolute Gasteiger partial charge is 0.0463 e. The summed E-state index contributed by atoms with van der Waals surface area (Å²) in [6.07, 6.45) is 0. The lowest BCUT2D eigenvalue weighted by Crippen LogP contribution is -2.10. The quantitative estimate of drug-likeness (QED) is 0.0957. The van der Waals surface area contributed by atoms with Gasteiger partial charge in [-0.15, -0.1) is 0 Å². The zero-order valence-electron chi connectivity index (χ0n) is 48.4. The minimum Gasteiger partial charge on any atom is -0.356 e. The maximum Gasteiger partial charge on any atom is 0.0463 e. The summed E-state index contributed by atoms with van der Waals surface area (Å²) >= 11 is 0. The molecule has 0 spiro atoms. The van der Waals surface area contributed by atoms with Crippen molar-refractivity contribution in [1.82, 2.24) is 0 Å². The van der Waals surface area contributed by atoms with Crippen molar-refractivity contribution in [3.8, 4) is 66.8 Å². The molecule has 416 valence electrons. The van der Waals surface area contributed by atoms with Gasteiger partial charge in [0, 0.05) is 51.2 Å². The SMILES string of the molecule is c1ccc2cc(-c3ccc(-c4ccc(Nc5ccc(N(c6ccc(Nc7ccc(-c8ccc(-c9ccc%10ccccc%10c9)cc8)cc7)cc6)c6ccc(Nc7ccc(-c8ccc(-c9ccc%10ccccc%10c9)cc8)cc7)cc6)cc5)cc4)cc3)ccc2c1. The molecular weight excluding hydrogens is 1060 g/mol. The molecule has 0 saturated heterocycles. The number of anilines is 9. The van der Waals surface area contributed by atoms with Gasteiger partial charge >= 0.3 is 0 Å². The van der Waals surface area contributed by atoms with Crippen LogP contribution in [0.5, 0.6) is 0 Å². The topological polar surface area (TPSA) is 39.3 Å². The molecule has 0 heterocycles. The highest BCUT2D eigenvalue weighted by atomic mass is 15.1. The van der Waals surface area contributed by atoms with Crippen LogP contribution in [0.4, 0.5) is 51.2 Å². The molecule has 0 fully saturated rings. The van der Waals surface area contributed by atoms with Crippen LogP contribution in [-0.4, -0.2) is 0 Å². The first kappa shape index (κ1) is 53.0. The first-order valence-corrected chi connectivity index (χ1v) is 30.0. The normalized spacial score (nSPS) is 11.2. The molecule has 88 heavy (non-hydrogen) atoms. The Kier molecular flexibility index (Phi) is 14.3. The molecule has 4 nitrogen and oxygen atoms in total. The molecule has 0 atom stereocenters. The van der Waals surface area contributed by atoms with Crippen molar-refractivity contribution in [2.45, 2.75) is 0 Å². The maximum absolute atomic E-state index is 3.65.